The highest BCUT2D eigenvalue weighted by Gasteiger charge is 2.21. The lowest BCUT2D eigenvalue weighted by Gasteiger charge is -2.13. The number of carbonyl (C=O) groups excluding carboxylic acids is 1. The van der Waals surface area contributed by atoms with E-state index in [9.17, 15) is 4.79 Å². The van der Waals surface area contributed by atoms with Gasteiger partial charge in [-0.1, -0.05) is 55.5 Å². The minimum Gasteiger partial charge on any atom is -0.469 e. The summed E-state index contributed by atoms with van der Waals surface area (Å²) in [6.07, 6.45) is 7.03. The highest BCUT2D eigenvalue weighted by Crippen LogP contribution is 2.28. The molecular weight excluding hydrogens is 321 g/mol. The van der Waals surface area contributed by atoms with Crippen LogP contribution >= 0.6 is 23.2 Å². The third kappa shape index (κ3) is 6.37. The highest BCUT2D eigenvalue weighted by molar-refractivity contribution is 6.42. The maximum absolute atomic E-state index is 12.0. The Bertz CT molecular complexity index is 503. The van der Waals surface area contributed by atoms with E-state index in [-0.39, 0.29) is 5.97 Å². The van der Waals surface area contributed by atoms with Gasteiger partial charge in [-0.3, -0.25) is 9.79 Å². The second kappa shape index (κ2) is 10.6. The first-order valence-corrected chi connectivity index (χ1v) is 8.36. The van der Waals surface area contributed by atoms with Gasteiger partial charge in [-0.25, -0.2) is 0 Å². The first kappa shape index (κ1) is 19.0. The van der Waals surface area contributed by atoms with Gasteiger partial charge >= 0.3 is 5.97 Å². The van der Waals surface area contributed by atoms with Crippen molar-refractivity contribution in [2.45, 2.75) is 44.9 Å². The average molecular weight is 344 g/mol. The van der Waals surface area contributed by atoms with Crippen molar-refractivity contribution in [3.8, 4) is 0 Å². The molecule has 0 saturated heterocycles. The standard InChI is InChI=1S/C17H23Cl2NO2/c1-3-4-5-6-10-20-11-9-14(17(21)22-2)13-7-8-15(18)16(19)12-13/h7-8,11-12,14H,3-6,9-10H2,1-2H3. The number of hydrogen-bond acceptors (Lipinski definition) is 3. The molecule has 0 N–H and O–H groups in total. The van der Waals surface area contributed by atoms with Gasteiger partial charge in [-0.15, -0.1) is 0 Å². The smallest absolute Gasteiger partial charge is 0.313 e. The van der Waals surface area contributed by atoms with Crippen molar-refractivity contribution in [3.05, 3.63) is 33.8 Å². The lowest BCUT2D eigenvalue weighted by molar-refractivity contribution is -0.142. The minimum atomic E-state index is -0.404. The maximum atomic E-state index is 12.0. The Balaban J connectivity index is 2.63. The van der Waals surface area contributed by atoms with Crippen molar-refractivity contribution in [2.75, 3.05) is 13.7 Å². The number of esters is 1. The average Bonchev–Trinajstić information content (AvgIpc) is 2.52. The molecule has 0 aliphatic rings. The van der Waals surface area contributed by atoms with E-state index in [1.54, 1.807) is 24.4 Å². The molecule has 0 saturated carbocycles. The molecule has 0 aliphatic heterocycles. The Morgan fingerprint density at radius 3 is 2.68 bits per heavy atom. The first-order chi connectivity index (χ1) is 10.6. The molecule has 0 aromatic heterocycles. The Hall–Kier alpha value is -1.06. The molecule has 3 nitrogen and oxygen atoms in total. The van der Waals surface area contributed by atoms with Crippen molar-refractivity contribution in [3.63, 3.8) is 0 Å². The van der Waals surface area contributed by atoms with E-state index in [0.29, 0.717) is 16.5 Å². The molecule has 0 spiro atoms. The van der Waals surface area contributed by atoms with Gasteiger partial charge in [0.1, 0.15) is 0 Å². The van der Waals surface area contributed by atoms with E-state index in [0.717, 1.165) is 18.5 Å². The summed E-state index contributed by atoms with van der Waals surface area (Å²) >= 11 is 11.9. The number of aliphatic imine (C=N–C) groups is 1. The topological polar surface area (TPSA) is 38.7 Å². The van der Waals surface area contributed by atoms with Gasteiger partial charge in [0.25, 0.3) is 0 Å². The molecular formula is C17H23Cl2NO2. The number of benzene rings is 1. The molecule has 0 bridgehead atoms. The van der Waals surface area contributed by atoms with Gasteiger partial charge in [0.2, 0.25) is 0 Å². The van der Waals surface area contributed by atoms with Gasteiger partial charge in [-0.2, -0.15) is 0 Å². The summed E-state index contributed by atoms with van der Waals surface area (Å²) in [5.41, 5.74) is 0.790. The Kier molecular flexibility index (Phi) is 9.17. The molecule has 0 aliphatic carbocycles. The molecule has 0 amide bonds. The zero-order valence-corrected chi connectivity index (χ0v) is 14.7. The van der Waals surface area contributed by atoms with Crippen molar-refractivity contribution >= 4 is 35.4 Å². The number of halogens is 2. The Morgan fingerprint density at radius 2 is 2.05 bits per heavy atom. The molecule has 1 rings (SSSR count). The van der Waals surface area contributed by atoms with Crippen molar-refractivity contribution in [1.82, 2.24) is 0 Å². The largest absolute Gasteiger partial charge is 0.469 e. The number of nitrogens with zero attached hydrogens (tertiary/aromatic N) is 1. The fraction of sp³-hybridized carbons (Fsp3) is 0.529. The van der Waals surface area contributed by atoms with Crippen LogP contribution in [0.1, 0.15) is 50.5 Å². The quantitative estimate of drug-likeness (QED) is 0.347. The molecule has 0 radical (unpaired) electrons. The number of ether oxygens (including phenoxy) is 1. The SMILES string of the molecule is CCCCCCN=CCC(C(=O)OC)c1ccc(Cl)c(Cl)c1. The zero-order valence-electron chi connectivity index (χ0n) is 13.1. The molecule has 1 unspecified atom stereocenters. The molecule has 22 heavy (non-hydrogen) atoms. The predicted octanol–water partition coefficient (Wildman–Crippen LogP) is 5.29. The molecule has 0 heterocycles. The van der Waals surface area contributed by atoms with Crippen LogP contribution < -0.4 is 0 Å². The highest BCUT2D eigenvalue weighted by atomic mass is 35.5. The number of hydrogen-bond donors (Lipinski definition) is 0. The molecule has 5 heteroatoms. The van der Waals surface area contributed by atoms with Crippen LogP contribution in [0.15, 0.2) is 23.2 Å². The summed E-state index contributed by atoms with van der Waals surface area (Å²) in [4.78, 5) is 16.3. The van der Waals surface area contributed by atoms with Crippen LogP contribution in [-0.4, -0.2) is 25.8 Å². The first-order valence-electron chi connectivity index (χ1n) is 7.61. The second-order valence-electron chi connectivity index (χ2n) is 5.13. The summed E-state index contributed by atoms with van der Waals surface area (Å²) in [6.45, 7) is 2.98. The van der Waals surface area contributed by atoms with Gasteiger partial charge in [-0.05, 0) is 36.8 Å². The van der Waals surface area contributed by atoms with Gasteiger partial charge in [0, 0.05) is 6.54 Å². The zero-order chi connectivity index (χ0) is 16.4. The monoisotopic (exact) mass is 343 g/mol. The van der Waals surface area contributed by atoms with Gasteiger partial charge < -0.3 is 4.74 Å². The van der Waals surface area contributed by atoms with Crippen molar-refractivity contribution in [1.29, 1.82) is 0 Å². The van der Waals surface area contributed by atoms with Crippen molar-refractivity contribution in [2.24, 2.45) is 4.99 Å². The van der Waals surface area contributed by atoms with Crippen LogP contribution in [0.2, 0.25) is 10.0 Å². The summed E-state index contributed by atoms with van der Waals surface area (Å²) in [6, 6.07) is 5.20. The van der Waals surface area contributed by atoms with Gasteiger partial charge in [0.15, 0.2) is 0 Å². The number of methoxy groups -OCH3 is 1. The fourth-order valence-electron chi connectivity index (χ4n) is 2.14. The number of rotatable bonds is 9. The lowest BCUT2D eigenvalue weighted by atomic mass is 9.96. The normalized spacial score (nSPS) is 12.5. The van der Waals surface area contributed by atoms with E-state index in [4.69, 9.17) is 27.9 Å². The fourth-order valence-corrected chi connectivity index (χ4v) is 2.45. The molecule has 1 aromatic rings. The van der Waals surface area contributed by atoms with E-state index >= 15 is 0 Å². The lowest BCUT2D eigenvalue weighted by Crippen LogP contribution is -2.15. The third-order valence-electron chi connectivity index (χ3n) is 3.44. The maximum Gasteiger partial charge on any atom is 0.313 e. The van der Waals surface area contributed by atoms with Crippen LogP contribution in [0.25, 0.3) is 0 Å². The molecule has 122 valence electrons. The summed E-state index contributed by atoms with van der Waals surface area (Å²) in [5, 5.41) is 0.906. The van der Waals surface area contributed by atoms with Crippen LogP contribution in [0.3, 0.4) is 0 Å². The van der Waals surface area contributed by atoms with Crippen LogP contribution in [0.4, 0.5) is 0 Å². The second-order valence-corrected chi connectivity index (χ2v) is 5.95. The molecule has 1 aromatic carbocycles. The Labute approximate surface area is 142 Å². The van der Waals surface area contributed by atoms with E-state index in [2.05, 4.69) is 11.9 Å². The summed E-state index contributed by atoms with van der Waals surface area (Å²) < 4.78 is 4.87. The van der Waals surface area contributed by atoms with E-state index in [1.807, 2.05) is 0 Å². The minimum absolute atomic E-state index is 0.296. The van der Waals surface area contributed by atoms with Crippen LogP contribution in [0.5, 0.6) is 0 Å². The Morgan fingerprint density at radius 1 is 1.27 bits per heavy atom. The molecule has 1 atom stereocenters. The summed E-state index contributed by atoms with van der Waals surface area (Å²) in [5.74, 6) is -0.699. The third-order valence-corrected chi connectivity index (χ3v) is 4.18. The predicted molar refractivity (Wildman–Crippen MR) is 93.3 cm³/mol. The van der Waals surface area contributed by atoms with E-state index < -0.39 is 5.92 Å². The number of carbonyl (C=O) groups is 1. The van der Waals surface area contributed by atoms with Gasteiger partial charge in [0.05, 0.1) is 23.1 Å². The van der Waals surface area contributed by atoms with E-state index in [1.165, 1.54) is 26.4 Å². The molecule has 0 fully saturated rings. The van der Waals surface area contributed by atoms with Crippen molar-refractivity contribution < 1.29 is 9.53 Å². The van der Waals surface area contributed by atoms with Crippen LogP contribution in [0, 0.1) is 0 Å². The summed E-state index contributed by atoms with van der Waals surface area (Å²) in [7, 11) is 1.38. The number of unbranched alkanes of at least 4 members (excludes halogenated alkanes) is 3. The van der Waals surface area contributed by atoms with Crippen LogP contribution in [-0.2, 0) is 9.53 Å².